The van der Waals surface area contributed by atoms with E-state index in [4.69, 9.17) is 4.98 Å². The van der Waals surface area contributed by atoms with Gasteiger partial charge in [-0.3, -0.25) is 4.79 Å². The van der Waals surface area contributed by atoms with Crippen LogP contribution in [-0.2, 0) is 11.2 Å². The molecule has 1 amide bonds. The molecule has 3 aromatic rings. The maximum atomic E-state index is 12.4. The lowest BCUT2D eigenvalue weighted by Gasteiger charge is -2.29. The van der Waals surface area contributed by atoms with E-state index in [0.29, 0.717) is 24.0 Å². The Hall–Kier alpha value is -3.56. The van der Waals surface area contributed by atoms with Crippen LogP contribution in [0, 0.1) is 5.92 Å². The second-order valence-electron chi connectivity index (χ2n) is 9.32. The van der Waals surface area contributed by atoms with Gasteiger partial charge in [0.25, 0.3) is 0 Å². The van der Waals surface area contributed by atoms with Crippen molar-refractivity contribution in [3.63, 3.8) is 0 Å². The van der Waals surface area contributed by atoms with Crippen LogP contribution in [0.25, 0.3) is 10.9 Å². The first kappa shape index (κ1) is 25.5. The Labute approximate surface area is 208 Å². The number of nitrogens with one attached hydrogen (secondary N) is 2. The Morgan fingerprint density at radius 2 is 1.81 bits per heavy atom. The monoisotopic (exact) mass is 501 g/mol. The molecular weight excluding hydrogens is 471 g/mol. The molecule has 0 saturated heterocycles. The van der Waals surface area contributed by atoms with Gasteiger partial charge in [0.05, 0.1) is 11.9 Å². The first-order valence-corrected chi connectivity index (χ1v) is 12.0. The lowest BCUT2D eigenvalue weighted by atomic mass is 9.86. The molecule has 36 heavy (non-hydrogen) atoms. The first-order valence-electron chi connectivity index (χ1n) is 12.0. The molecule has 10 heteroatoms. The van der Waals surface area contributed by atoms with Gasteiger partial charge in [0, 0.05) is 32.1 Å². The molecule has 0 radical (unpaired) electrons. The fourth-order valence-corrected chi connectivity index (χ4v) is 4.52. The molecule has 0 unspecified atom stereocenters. The number of amides is 1. The first-order chi connectivity index (χ1) is 17.2. The van der Waals surface area contributed by atoms with E-state index in [1.807, 2.05) is 43.3 Å². The van der Waals surface area contributed by atoms with Crippen molar-refractivity contribution in [1.29, 1.82) is 0 Å². The van der Waals surface area contributed by atoms with E-state index in [1.54, 1.807) is 6.07 Å². The highest BCUT2D eigenvalue weighted by Gasteiger charge is 2.31. The Bertz CT molecular complexity index is 1190. The van der Waals surface area contributed by atoms with Gasteiger partial charge < -0.3 is 20.3 Å². The molecule has 0 aliphatic heterocycles. The summed E-state index contributed by atoms with van der Waals surface area (Å²) >= 11 is 0. The van der Waals surface area contributed by atoms with Crippen LogP contribution >= 0.6 is 0 Å². The minimum atomic E-state index is -4.76. The van der Waals surface area contributed by atoms with E-state index in [0.717, 1.165) is 42.4 Å². The molecule has 1 aromatic heterocycles. The molecule has 2 N–H and O–H groups in total. The van der Waals surface area contributed by atoms with Crippen LogP contribution in [0.3, 0.4) is 0 Å². The van der Waals surface area contributed by atoms with Crippen LogP contribution in [0.15, 0.2) is 48.5 Å². The predicted molar refractivity (Wildman–Crippen MR) is 133 cm³/mol. The normalized spacial score (nSPS) is 18.0. The van der Waals surface area contributed by atoms with Crippen LogP contribution in [0.1, 0.15) is 31.2 Å². The van der Waals surface area contributed by atoms with Crippen molar-refractivity contribution in [3.8, 4) is 5.75 Å². The van der Waals surface area contributed by atoms with E-state index < -0.39 is 6.36 Å². The van der Waals surface area contributed by atoms with Gasteiger partial charge >= 0.3 is 6.36 Å². The average molecular weight is 502 g/mol. The highest BCUT2D eigenvalue weighted by Crippen LogP contribution is 2.28. The molecule has 1 heterocycles. The summed E-state index contributed by atoms with van der Waals surface area (Å²) in [6.07, 6.45) is -0.999. The summed E-state index contributed by atoms with van der Waals surface area (Å²) in [7, 11) is 3.93. The number of rotatable bonds is 8. The molecule has 0 atom stereocenters. The number of carbonyl (C=O) groups excluding carboxylic acids is 1. The Balaban J connectivity index is 1.25. The zero-order chi connectivity index (χ0) is 25.7. The molecule has 2 aromatic carbocycles. The van der Waals surface area contributed by atoms with E-state index in [-0.39, 0.29) is 24.1 Å². The van der Waals surface area contributed by atoms with Crippen molar-refractivity contribution >= 4 is 28.6 Å². The predicted octanol–water partition coefficient (Wildman–Crippen LogP) is 4.92. The van der Waals surface area contributed by atoms with Gasteiger partial charge in [-0.05, 0) is 61.4 Å². The number of aromatic nitrogens is 2. The lowest BCUT2D eigenvalue weighted by Crippen LogP contribution is -2.34. The fraction of sp³-hybridized carbons (Fsp3) is 0.423. The van der Waals surface area contributed by atoms with Crippen LogP contribution in [0.5, 0.6) is 5.75 Å². The van der Waals surface area contributed by atoms with Crippen molar-refractivity contribution in [2.45, 2.75) is 44.5 Å². The third kappa shape index (κ3) is 6.99. The quantitative estimate of drug-likeness (QED) is 0.456. The molecule has 0 spiro atoms. The number of benzene rings is 2. The standard InChI is InChI=1S/C26H30F3N5O2/c1-34(2)24-21-8-3-4-9-22(21)32-25(33-24)31-19-12-10-17(11-13-19)16-30-23(35)15-18-6-5-7-20(14-18)36-26(27,28)29/h3-9,14,17,19H,10-13,15-16H2,1-2H3,(H,30,35)(H,31,32,33)/t17-,19+. The fourth-order valence-electron chi connectivity index (χ4n) is 4.52. The van der Waals surface area contributed by atoms with E-state index >= 15 is 0 Å². The van der Waals surface area contributed by atoms with E-state index in [2.05, 4.69) is 20.4 Å². The summed E-state index contributed by atoms with van der Waals surface area (Å²) in [6.45, 7) is 0.543. The average Bonchev–Trinajstić information content (AvgIpc) is 2.82. The second-order valence-corrected chi connectivity index (χ2v) is 9.32. The van der Waals surface area contributed by atoms with Gasteiger partial charge in [-0.25, -0.2) is 4.98 Å². The SMILES string of the molecule is CN(C)c1nc(N[C@H]2CC[C@@H](CNC(=O)Cc3cccc(OC(F)(F)F)c3)CC2)nc2ccccc12. The number of halogens is 3. The van der Waals surface area contributed by atoms with Crippen molar-refractivity contribution in [2.75, 3.05) is 30.9 Å². The number of ether oxygens (including phenoxy) is 1. The summed E-state index contributed by atoms with van der Waals surface area (Å²) < 4.78 is 41.1. The van der Waals surface area contributed by atoms with Crippen LogP contribution < -0.4 is 20.3 Å². The van der Waals surface area contributed by atoms with Crippen LogP contribution in [0.4, 0.5) is 24.9 Å². The molecule has 0 bridgehead atoms. The molecule has 1 fully saturated rings. The zero-order valence-electron chi connectivity index (χ0n) is 20.3. The summed E-state index contributed by atoms with van der Waals surface area (Å²) in [5, 5.41) is 7.41. The number of anilines is 2. The summed E-state index contributed by atoms with van der Waals surface area (Å²) in [4.78, 5) is 23.7. The zero-order valence-corrected chi connectivity index (χ0v) is 20.3. The Morgan fingerprint density at radius 1 is 1.06 bits per heavy atom. The van der Waals surface area contributed by atoms with Crippen molar-refractivity contribution < 1.29 is 22.7 Å². The number of nitrogens with zero attached hydrogens (tertiary/aromatic N) is 3. The van der Waals surface area contributed by atoms with Crippen molar-refractivity contribution in [1.82, 2.24) is 15.3 Å². The highest BCUT2D eigenvalue weighted by atomic mass is 19.4. The third-order valence-electron chi connectivity index (χ3n) is 6.27. The molecular formula is C26H30F3N5O2. The van der Waals surface area contributed by atoms with Crippen molar-refractivity contribution in [3.05, 3.63) is 54.1 Å². The van der Waals surface area contributed by atoms with Gasteiger partial charge in [0.1, 0.15) is 11.6 Å². The van der Waals surface area contributed by atoms with E-state index in [1.165, 1.54) is 18.2 Å². The van der Waals surface area contributed by atoms with Gasteiger partial charge in [0.15, 0.2) is 0 Å². The summed E-state index contributed by atoms with van der Waals surface area (Å²) in [5.41, 5.74) is 1.36. The topological polar surface area (TPSA) is 79.4 Å². The molecule has 192 valence electrons. The van der Waals surface area contributed by atoms with Crippen LogP contribution in [0.2, 0.25) is 0 Å². The highest BCUT2D eigenvalue weighted by molar-refractivity contribution is 5.90. The second kappa shape index (κ2) is 11.0. The van der Waals surface area contributed by atoms with Gasteiger partial charge in [-0.1, -0.05) is 24.3 Å². The Kier molecular flexibility index (Phi) is 7.81. The summed E-state index contributed by atoms with van der Waals surface area (Å²) in [6, 6.07) is 13.7. The number of hydrogen-bond acceptors (Lipinski definition) is 6. The number of alkyl halides is 3. The van der Waals surface area contributed by atoms with Gasteiger partial charge in [0.2, 0.25) is 11.9 Å². The Morgan fingerprint density at radius 3 is 2.53 bits per heavy atom. The number of fused-ring (bicyclic) bond motifs is 1. The molecule has 1 aliphatic rings. The molecule has 7 nitrogen and oxygen atoms in total. The minimum Gasteiger partial charge on any atom is -0.406 e. The van der Waals surface area contributed by atoms with Crippen LogP contribution in [-0.4, -0.2) is 48.9 Å². The number of para-hydroxylation sites is 1. The third-order valence-corrected chi connectivity index (χ3v) is 6.27. The summed E-state index contributed by atoms with van der Waals surface area (Å²) in [5.74, 6) is 1.29. The maximum Gasteiger partial charge on any atom is 0.573 e. The number of carbonyl (C=O) groups is 1. The van der Waals surface area contributed by atoms with Gasteiger partial charge in [-0.15, -0.1) is 13.2 Å². The number of hydrogen-bond donors (Lipinski definition) is 2. The maximum absolute atomic E-state index is 12.4. The molecule has 4 rings (SSSR count). The van der Waals surface area contributed by atoms with Gasteiger partial charge in [-0.2, -0.15) is 4.98 Å². The van der Waals surface area contributed by atoms with Crippen molar-refractivity contribution in [2.24, 2.45) is 5.92 Å². The minimum absolute atomic E-state index is 0.000527. The molecule has 1 aliphatic carbocycles. The van der Waals surface area contributed by atoms with E-state index in [9.17, 15) is 18.0 Å². The lowest BCUT2D eigenvalue weighted by molar-refractivity contribution is -0.274. The molecule has 1 saturated carbocycles. The smallest absolute Gasteiger partial charge is 0.406 e. The largest absolute Gasteiger partial charge is 0.573 e.